The Balaban J connectivity index is 2.03. The van der Waals surface area contributed by atoms with E-state index in [-0.39, 0.29) is 0 Å². The monoisotopic (exact) mass is 171 g/mol. The van der Waals surface area contributed by atoms with E-state index in [1.54, 1.807) is 0 Å². The molecule has 0 spiro atoms. The maximum absolute atomic E-state index is 3.45. The third-order valence-electron chi connectivity index (χ3n) is 3.18. The molecule has 3 rings (SSSR count). The molecule has 3 aliphatic rings. The van der Waals surface area contributed by atoms with Gasteiger partial charge in [-0.2, -0.15) is 0 Å². The molecule has 66 valence electrons. The van der Waals surface area contributed by atoms with E-state index in [0.717, 1.165) is 12.5 Å². The summed E-state index contributed by atoms with van der Waals surface area (Å²) < 4.78 is 0. The first-order chi connectivity index (χ1) is 6.45. The average Bonchev–Trinajstić information content (AvgIpc) is 2.65. The van der Waals surface area contributed by atoms with Gasteiger partial charge in [0.05, 0.1) is 0 Å². The van der Waals surface area contributed by atoms with Crippen molar-refractivity contribution in [1.29, 1.82) is 0 Å². The minimum Gasteiger partial charge on any atom is -0.388 e. The van der Waals surface area contributed by atoms with Crippen LogP contribution in [-0.2, 0) is 0 Å². The van der Waals surface area contributed by atoms with Crippen LogP contribution in [0.3, 0.4) is 0 Å². The summed E-state index contributed by atoms with van der Waals surface area (Å²) in [5.41, 5.74) is 2.91. The van der Waals surface area contributed by atoms with Crippen molar-refractivity contribution in [2.75, 3.05) is 6.54 Å². The quantitative estimate of drug-likeness (QED) is 0.589. The summed E-state index contributed by atoms with van der Waals surface area (Å²) in [7, 11) is 0. The second kappa shape index (κ2) is 2.63. The summed E-state index contributed by atoms with van der Waals surface area (Å²) in [5, 5.41) is 3.45. The van der Waals surface area contributed by atoms with Crippen molar-refractivity contribution in [3.05, 3.63) is 47.7 Å². The lowest BCUT2D eigenvalue weighted by Gasteiger charge is -2.27. The molecule has 2 aliphatic carbocycles. The van der Waals surface area contributed by atoms with Crippen LogP contribution < -0.4 is 5.32 Å². The van der Waals surface area contributed by atoms with Crippen molar-refractivity contribution in [2.24, 2.45) is 11.8 Å². The molecule has 13 heavy (non-hydrogen) atoms. The van der Waals surface area contributed by atoms with Gasteiger partial charge in [-0.1, -0.05) is 30.4 Å². The fourth-order valence-electron chi connectivity index (χ4n) is 2.51. The normalized spacial score (nSPS) is 34.5. The van der Waals surface area contributed by atoms with Crippen LogP contribution in [0.25, 0.3) is 0 Å². The SMILES string of the molecule is C1=CC2=CC=C3NCCC3C2C=C1. The van der Waals surface area contributed by atoms with Crippen molar-refractivity contribution in [3.63, 3.8) is 0 Å². The third kappa shape index (κ3) is 0.998. The second-order valence-electron chi connectivity index (χ2n) is 3.88. The van der Waals surface area contributed by atoms with Crippen LogP contribution >= 0.6 is 0 Å². The first kappa shape index (κ1) is 7.19. The highest BCUT2D eigenvalue weighted by Crippen LogP contribution is 2.38. The van der Waals surface area contributed by atoms with Gasteiger partial charge in [-0.3, -0.25) is 0 Å². The Morgan fingerprint density at radius 3 is 3.23 bits per heavy atom. The molecule has 0 bridgehead atoms. The predicted octanol–water partition coefficient (Wildman–Crippen LogP) is 2.16. The number of hydrogen-bond donors (Lipinski definition) is 1. The first-order valence-electron chi connectivity index (χ1n) is 4.96. The number of hydrogen-bond acceptors (Lipinski definition) is 1. The molecule has 1 N–H and O–H groups in total. The fraction of sp³-hybridized carbons (Fsp3) is 0.333. The molecule has 2 atom stereocenters. The van der Waals surface area contributed by atoms with E-state index < -0.39 is 0 Å². The van der Waals surface area contributed by atoms with E-state index in [1.165, 1.54) is 17.7 Å². The standard InChI is InChI=1S/C12H13N/c1-2-4-10-9(3-1)5-6-12-11(10)7-8-13-12/h1-6,10-11,13H,7-8H2. The molecule has 1 saturated heterocycles. The lowest BCUT2D eigenvalue weighted by atomic mass is 9.78. The zero-order chi connectivity index (χ0) is 8.67. The van der Waals surface area contributed by atoms with Crippen LogP contribution in [0.1, 0.15) is 6.42 Å². The third-order valence-corrected chi connectivity index (χ3v) is 3.18. The van der Waals surface area contributed by atoms with E-state index in [2.05, 4.69) is 41.8 Å². The molecule has 2 unspecified atom stereocenters. The molecular formula is C12H13N. The van der Waals surface area contributed by atoms with Gasteiger partial charge in [-0.05, 0) is 18.1 Å². The van der Waals surface area contributed by atoms with Gasteiger partial charge in [0.2, 0.25) is 0 Å². The number of fused-ring (bicyclic) bond motifs is 3. The van der Waals surface area contributed by atoms with Gasteiger partial charge in [0.1, 0.15) is 0 Å². The van der Waals surface area contributed by atoms with Crippen molar-refractivity contribution in [3.8, 4) is 0 Å². The summed E-state index contributed by atoms with van der Waals surface area (Å²) in [4.78, 5) is 0. The van der Waals surface area contributed by atoms with Gasteiger partial charge in [0, 0.05) is 24.1 Å². The number of nitrogens with one attached hydrogen (secondary N) is 1. The maximum atomic E-state index is 3.45. The van der Waals surface area contributed by atoms with Crippen molar-refractivity contribution < 1.29 is 0 Å². The van der Waals surface area contributed by atoms with Crippen LogP contribution in [0.2, 0.25) is 0 Å². The van der Waals surface area contributed by atoms with Crippen molar-refractivity contribution in [1.82, 2.24) is 5.32 Å². The van der Waals surface area contributed by atoms with Crippen molar-refractivity contribution in [2.45, 2.75) is 6.42 Å². The first-order valence-corrected chi connectivity index (χ1v) is 4.96. The van der Waals surface area contributed by atoms with Crippen LogP contribution in [-0.4, -0.2) is 6.54 Å². The van der Waals surface area contributed by atoms with Gasteiger partial charge in [0.15, 0.2) is 0 Å². The highest BCUT2D eigenvalue weighted by Gasteiger charge is 2.31. The highest BCUT2D eigenvalue weighted by molar-refractivity contribution is 5.42. The predicted molar refractivity (Wildman–Crippen MR) is 54.0 cm³/mol. The van der Waals surface area contributed by atoms with E-state index >= 15 is 0 Å². The Morgan fingerprint density at radius 2 is 2.23 bits per heavy atom. The van der Waals surface area contributed by atoms with Gasteiger partial charge in [-0.25, -0.2) is 0 Å². The molecule has 1 aliphatic heterocycles. The molecule has 1 fully saturated rings. The van der Waals surface area contributed by atoms with Gasteiger partial charge in [0.25, 0.3) is 0 Å². The zero-order valence-electron chi connectivity index (χ0n) is 7.53. The lowest BCUT2D eigenvalue weighted by molar-refractivity contribution is 0.523. The Bertz CT molecular complexity index is 344. The summed E-state index contributed by atoms with van der Waals surface area (Å²) in [5.74, 6) is 1.36. The largest absolute Gasteiger partial charge is 0.388 e. The Labute approximate surface area is 78.5 Å². The number of rotatable bonds is 0. The second-order valence-corrected chi connectivity index (χ2v) is 3.88. The molecule has 0 amide bonds. The molecule has 0 aromatic heterocycles. The summed E-state index contributed by atoms with van der Waals surface area (Å²) in [6.07, 6.45) is 14.6. The topological polar surface area (TPSA) is 12.0 Å². The van der Waals surface area contributed by atoms with Crippen LogP contribution in [0.5, 0.6) is 0 Å². The van der Waals surface area contributed by atoms with Crippen LogP contribution in [0.15, 0.2) is 47.7 Å². The Kier molecular flexibility index (Phi) is 1.45. The Hall–Kier alpha value is -1.24. The molecule has 0 radical (unpaired) electrons. The molecule has 1 heterocycles. The molecule has 0 saturated carbocycles. The zero-order valence-corrected chi connectivity index (χ0v) is 7.53. The van der Waals surface area contributed by atoms with Crippen LogP contribution in [0.4, 0.5) is 0 Å². The number of allylic oxidation sites excluding steroid dienone is 8. The summed E-state index contributed by atoms with van der Waals surface area (Å²) >= 11 is 0. The fourth-order valence-corrected chi connectivity index (χ4v) is 2.51. The molecular weight excluding hydrogens is 158 g/mol. The molecule has 0 aromatic rings. The molecule has 1 nitrogen and oxygen atoms in total. The minimum absolute atomic E-state index is 0.639. The molecule has 1 heteroatoms. The average molecular weight is 171 g/mol. The Morgan fingerprint density at radius 1 is 1.23 bits per heavy atom. The summed E-state index contributed by atoms with van der Waals surface area (Å²) in [6, 6.07) is 0. The minimum atomic E-state index is 0.639. The van der Waals surface area contributed by atoms with Gasteiger partial charge in [-0.15, -0.1) is 0 Å². The van der Waals surface area contributed by atoms with E-state index in [4.69, 9.17) is 0 Å². The molecule has 0 aromatic carbocycles. The van der Waals surface area contributed by atoms with Crippen LogP contribution in [0, 0.1) is 11.8 Å². The van der Waals surface area contributed by atoms with E-state index in [1.807, 2.05) is 0 Å². The van der Waals surface area contributed by atoms with Gasteiger partial charge >= 0.3 is 0 Å². The van der Waals surface area contributed by atoms with E-state index in [0.29, 0.717) is 5.92 Å². The summed E-state index contributed by atoms with van der Waals surface area (Å²) in [6.45, 7) is 1.14. The smallest absolute Gasteiger partial charge is 0.0150 e. The van der Waals surface area contributed by atoms with Crippen molar-refractivity contribution >= 4 is 0 Å². The highest BCUT2D eigenvalue weighted by atomic mass is 14.9. The van der Waals surface area contributed by atoms with Gasteiger partial charge < -0.3 is 5.32 Å². The van der Waals surface area contributed by atoms with E-state index in [9.17, 15) is 0 Å². The lowest BCUT2D eigenvalue weighted by Crippen LogP contribution is -2.19. The maximum Gasteiger partial charge on any atom is 0.0150 e.